The summed E-state index contributed by atoms with van der Waals surface area (Å²) < 4.78 is 0. The molecular formula is C22H27N. The molecule has 2 aromatic rings. The average molecular weight is 305 g/mol. The maximum Gasteiger partial charge on any atom is -0.00200 e. The summed E-state index contributed by atoms with van der Waals surface area (Å²) in [4.78, 5) is 0. The molecule has 0 bridgehead atoms. The van der Waals surface area contributed by atoms with E-state index in [4.69, 9.17) is 0 Å². The van der Waals surface area contributed by atoms with E-state index in [1.54, 1.807) is 6.04 Å². The average Bonchev–Trinajstić information content (AvgIpc) is 2.56. The molecule has 0 aliphatic carbocycles. The lowest BCUT2D eigenvalue weighted by atomic mass is 10.0. The molecule has 0 saturated carbocycles. The Bertz CT molecular complexity index is 630. The summed E-state index contributed by atoms with van der Waals surface area (Å²) in [6, 6.07) is 19.2. The Labute approximate surface area is 141 Å². The third-order valence-corrected chi connectivity index (χ3v) is 3.69. The van der Waals surface area contributed by atoms with Gasteiger partial charge in [0.2, 0.25) is 0 Å². The van der Waals surface area contributed by atoms with E-state index in [2.05, 4.69) is 86.7 Å². The number of unbranched alkanes of at least 4 members (excludes halogenated alkanes) is 2. The van der Waals surface area contributed by atoms with Crippen LogP contribution in [0.2, 0.25) is 0 Å². The molecule has 2 rings (SSSR count). The highest BCUT2D eigenvalue weighted by Crippen LogP contribution is 2.14. The van der Waals surface area contributed by atoms with Gasteiger partial charge in [-0.25, -0.2) is 0 Å². The molecule has 0 atom stereocenters. The Kier molecular flexibility index (Phi) is 9.01. The van der Waals surface area contributed by atoms with Crippen LogP contribution < -0.4 is 5.73 Å². The van der Waals surface area contributed by atoms with Crippen molar-refractivity contribution in [3.05, 3.63) is 70.8 Å². The van der Waals surface area contributed by atoms with Gasteiger partial charge in [-0.3, -0.25) is 0 Å². The summed E-state index contributed by atoms with van der Waals surface area (Å²) in [6.45, 7) is 4.40. The molecule has 23 heavy (non-hydrogen) atoms. The van der Waals surface area contributed by atoms with Crippen LogP contribution in [0.3, 0.4) is 0 Å². The van der Waals surface area contributed by atoms with Crippen molar-refractivity contribution in [2.45, 2.75) is 39.5 Å². The molecule has 0 heterocycles. The lowest BCUT2D eigenvalue weighted by Crippen LogP contribution is -1.85. The van der Waals surface area contributed by atoms with Crippen molar-refractivity contribution >= 4 is 12.2 Å². The molecule has 0 aliphatic heterocycles. The summed E-state index contributed by atoms with van der Waals surface area (Å²) in [5, 5.41) is 0. The molecule has 0 aliphatic rings. The van der Waals surface area contributed by atoms with E-state index in [0.29, 0.717) is 0 Å². The van der Waals surface area contributed by atoms with Crippen LogP contribution in [0.25, 0.3) is 12.2 Å². The second kappa shape index (κ2) is 11.2. The fourth-order valence-corrected chi connectivity index (χ4v) is 2.33. The molecule has 0 aromatic heterocycles. The van der Waals surface area contributed by atoms with Gasteiger partial charge in [0, 0.05) is 0 Å². The molecular weight excluding hydrogens is 278 g/mol. The van der Waals surface area contributed by atoms with E-state index in [9.17, 15) is 0 Å². The van der Waals surface area contributed by atoms with Crippen LogP contribution in [0, 0.1) is 19.4 Å². The number of rotatable bonds is 6. The van der Waals surface area contributed by atoms with Crippen molar-refractivity contribution in [1.29, 1.82) is 0 Å². The topological polar surface area (TPSA) is 26.0 Å². The van der Waals surface area contributed by atoms with Gasteiger partial charge < -0.3 is 5.73 Å². The van der Waals surface area contributed by atoms with E-state index < -0.39 is 0 Å². The van der Waals surface area contributed by atoms with Gasteiger partial charge in [-0.1, -0.05) is 86.9 Å². The lowest BCUT2D eigenvalue weighted by Gasteiger charge is -2.02. The van der Waals surface area contributed by atoms with Crippen molar-refractivity contribution < 1.29 is 0 Å². The highest BCUT2D eigenvalue weighted by atomic mass is 14.4. The van der Waals surface area contributed by atoms with Crippen LogP contribution in [0.5, 0.6) is 0 Å². The van der Waals surface area contributed by atoms with Crippen LogP contribution in [0.15, 0.2) is 48.5 Å². The van der Waals surface area contributed by atoms with Crippen LogP contribution in [-0.4, -0.2) is 0 Å². The number of terminal acetylenes is 1. The van der Waals surface area contributed by atoms with E-state index in [1.165, 1.54) is 47.9 Å². The van der Waals surface area contributed by atoms with Crippen molar-refractivity contribution in [3.63, 3.8) is 0 Å². The molecule has 0 amide bonds. The van der Waals surface area contributed by atoms with Gasteiger partial charge in [0.05, 0.1) is 0 Å². The number of hydrogen-bond acceptors (Lipinski definition) is 1. The zero-order valence-electron chi connectivity index (χ0n) is 14.3. The van der Waals surface area contributed by atoms with Crippen LogP contribution >= 0.6 is 0 Å². The van der Waals surface area contributed by atoms with Gasteiger partial charge in [0.15, 0.2) is 0 Å². The summed E-state index contributed by atoms with van der Waals surface area (Å²) >= 11 is 0. The van der Waals surface area contributed by atoms with Gasteiger partial charge in [-0.05, 0) is 48.1 Å². The Morgan fingerprint density at radius 1 is 1.00 bits per heavy atom. The molecule has 0 fully saturated rings. The maximum absolute atomic E-state index is 4.38. The van der Waals surface area contributed by atoms with Gasteiger partial charge in [-0.2, -0.15) is 0 Å². The SMILES string of the molecule is C#CN.CCCCCc1ccc(/C=C/c2ccccc2C)cc1. The predicted octanol–water partition coefficient (Wildman–Crippen LogP) is 5.43. The van der Waals surface area contributed by atoms with E-state index in [-0.39, 0.29) is 0 Å². The van der Waals surface area contributed by atoms with Crippen molar-refractivity contribution in [1.82, 2.24) is 0 Å². The molecule has 1 nitrogen and oxygen atoms in total. The highest BCUT2D eigenvalue weighted by Gasteiger charge is 1.94. The summed E-state index contributed by atoms with van der Waals surface area (Å²) in [6.07, 6.45) is 13.9. The van der Waals surface area contributed by atoms with E-state index in [1.807, 2.05) is 0 Å². The van der Waals surface area contributed by atoms with E-state index >= 15 is 0 Å². The smallest absolute Gasteiger partial charge is 0.00200 e. The zero-order chi connectivity index (χ0) is 16.9. The van der Waals surface area contributed by atoms with Crippen LogP contribution in [0.1, 0.15) is 48.4 Å². The third kappa shape index (κ3) is 7.38. The molecule has 0 saturated heterocycles. The molecule has 2 aromatic carbocycles. The highest BCUT2D eigenvalue weighted by molar-refractivity contribution is 5.71. The maximum atomic E-state index is 4.38. The largest absolute Gasteiger partial charge is 0.360 e. The fraction of sp³-hybridized carbons (Fsp3) is 0.273. The van der Waals surface area contributed by atoms with Crippen molar-refractivity contribution in [2.24, 2.45) is 5.73 Å². The summed E-state index contributed by atoms with van der Waals surface area (Å²) in [7, 11) is 0. The van der Waals surface area contributed by atoms with Crippen LogP contribution in [0.4, 0.5) is 0 Å². The van der Waals surface area contributed by atoms with Gasteiger partial charge in [0.1, 0.15) is 0 Å². The molecule has 0 spiro atoms. The summed E-state index contributed by atoms with van der Waals surface area (Å²) in [5.74, 6) is 0. The minimum atomic E-state index is 1.20. The van der Waals surface area contributed by atoms with Gasteiger partial charge in [0.25, 0.3) is 0 Å². The molecule has 120 valence electrons. The number of hydrogen-bond donors (Lipinski definition) is 1. The first-order chi connectivity index (χ1) is 11.2. The fourth-order valence-electron chi connectivity index (χ4n) is 2.33. The second-order valence-electron chi connectivity index (χ2n) is 5.56. The van der Waals surface area contributed by atoms with Gasteiger partial charge >= 0.3 is 0 Å². The minimum Gasteiger partial charge on any atom is -0.360 e. The molecule has 0 unspecified atom stereocenters. The summed E-state index contributed by atoms with van der Waals surface area (Å²) in [5.41, 5.74) is 9.71. The minimum absolute atomic E-state index is 1.20. The van der Waals surface area contributed by atoms with Crippen molar-refractivity contribution in [3.8, 4) is 12.5 Å². The molecule has 0 radical (unpaired) electrons. The van der Waals surface area contributed by atoms with Crippen LogP contribution in [-0.2, 0) is 6.42 Å². The van der Waals surface area contributed by atoms with Gasteiger partial charge in [-0.15, -0.1) is 0 Å². The first kappa shape index (κ1) is 18.6. The number of nitrogens with two attached hydrogens (primary N) is 1. The first-order valence-electron chi connectivity index (χ1n) is 8.20. The zero-order valence-corrected chi connectivity index (χ0v) is 14.3. The van der Waals surface area contributed by atoms with Crippen molar-refractivity contribution in [2.75, 3.05) is 0 Å². The molecule has 1 heteroatoms. The Hall–Kier alpha value is -2.46. The number of aryl methyl sites for hydroxylation is 2. The standard InChI is InChI=1S/C20H24.C2H3N/c1-3-4-5-9-18-11-13-19(14-12-18)15-16-20-10-7-6-8-17(20)2;1-2-3/h6-8,10-16H,3-5,9H2,1-2H3;1H,3H2/b16-15+;. The Balaban J connectivity index is 0.000000816. The Morgan fingerprint density at radius 2 is 1.65 bits per heavy atom. The van der Waals surface area contributed by atoms with E-state index in [0.717, 1.165) is 0 Å². The monoisotopic (exact) mass is 305 g/mol. The predicted molar refractivity (Wildman–Crippen MR) is 103 cm³/mol. The normalized spacial score (nSPS) is 9.96. The second-order valence-corrected chi connectivity index (χ2v) is 5.56. The lowest BCUT2D eigenvalue weighted by molar-refractivity contribution is 0.717. The Morgan fingerprint density at radius 3 is 2.26 bits per heavy atom. The third-order valence-electron chi connectivity index (χ3n) is 3.69. The first-order valence-corrected chi connectivity index (χ1v) is 8.20. The quantitative estimate of drug-likeness (QED) is 0.327. The molecule has 2 N–H and O–H groups in total. The number of benzene rings is 2.